The lowest BCUT2D eigenvalue weighted by Crippen LogP contribution is -2.24. The lowest BCUT2D eigenvalue weighted by Gasteiger charge is -2.22. The van der Waals surface area contributed by atoms with Crippen LogP contribution in [0.3, 0.4) is 0 Å². The fourth-order valence-corrected chi connectivity index (χ4v) is 2.95. The van der Waals surface area contributed by atoms with E-state index in [1.165, 1.54) is 19.3 Å². The van der Waals surface area contributed by atoms with Crippen LogP contribution >= 0.6 is 0 Å². The van der Waals surface area contributed by atoms with Crippen LogP contribution in [0.1, 0.15) is 43.5 Å². The summed E-state index contributed by atoms with van der Waals surface area (Å²) in [4.78, 5) is 10.8. The number of hydrogen-bond donors (Lipinski definition) is 2. The number of hydrogen-bond acceptors (Lipinski definition) is 2. The Labute approximate surface area is 108 Å². The number of nitrogens with one attached hydrogen (secondary N) is 1. The largest absolute Gasteiger partial charge is 0.478 e. The molecule has 1 aromatic carbocycles. The maximum absolute atomic E-state index is 10.8. The summed E-state index contributed by atoms with van der Waals surface area (Å²) >= 11 is 0. The second-order valence-corrected chi connectivity index (χ2v) is 5.24. The Morgan fingerprint density at radius 1 is 1.33 bits per heavy atom. The van der Waals surface area contributed by atoms with E-state index in [2.05, 4.69) is 19.2 Å². The topological polar surface area (TPSA) is 49.3 Å². The quantitative estimate of drug-likeness (QED) is 0.854. The van der Waals surface area contributed by atoms with E-state index >= 15 is 0 Å². The van der Waals surface area contributed by atoms with Gasteiger partial charge < -0.3 is 10.4 Å². The second-order valence-electron chi connectivity index (χ2n) is 5.24. The van der Waals surface area contributed by atoms with Crippen molar-refractivity contribution < 1.29 is 9.90 Å². The van der Waals surface area contributed by atoms with Crippen LogP contribution < -0.4 is 5.32 Å². The maximum Gasteiger partial charge on any atom is 0.335 e. The first-order valence-corrected chi connectivity index (χ1v) is 6.71. The monoisotopic (exact) mass is 247 g/mol. The molecule has 0 aromatic heterocycles. The second kappa shape index (κ2) is 5.42. The van der Waals surface area contributed by atoms with Crippen LogP contribution in [0.15, 0.2) is 24.3 Å². The molecule has 1 aromatic rings. The summed E-state index contributed by atoms with van der Waals surface area (Å²) in [6.07, 6.45) is 3.75. The molecule has 98 valence electrons. The van der Waals surface area contributed by atoms with Crippen LogP contribution in [0.5, 0.6) is 0 Å². The Kier molecular flexibility index (Phi) is 3.90. The van der Waals surface area contributed by atoms with Gasteiger partial charge in [-0.25, -0.2) is 4.79 Å². The first kappa shape index (κ1) is 12.9. The minimum Gasteiger partial charge on any atom is -0.478 e. The standard InChI is InChI=1S/C15H21NO2/c1-3-11-6-9-14(10(11)2)16-13-7-4-12(5-8-13)15(17)18/h4-5,7-8,10-11,14,16H,3,6,9H2,1-2H3,(H,17,18). The van der Waals surface area contributed by atoms with E-state index in [0.29, 0.717) is 17.5 Å². The fraction of sp³-hybridized carbons (Fsp3) is 0.533. The highest BCUT2D eigenvalue weighted by Gasteiger charge is 2.31. The Balaban J connectivity index is 2.00. The maximum atomic E-state index is 10.8. The minimum absolute atomic E-state index is 0.339. The van der Waals surface area contributed by atoms with E-state index in [1.807, 2.05) is 12.1 Å². The van der Waals surface area contributed by atoms with E-state index in [9.17, 15) is 4.79 Å². The average molecular weight is 247 g/mol. The van der Waals surface area contributed by atoms with Gasteiger partial charge in [0, 0.05) is 11.7 Å². The van der Waals surface area contributed by atoms with Gasteiger partial charge in [0.25, 0.3) is 0 Å². The number of carboxylic acid groups (broad SMARTS) is 1. The molecule has 0 spiro atoms. The van der Waals surface area contributed by atoms with Crippen LogP contribution in [0.4, 0.5) is 5.69 Å². The highest BCUT2D eigenvalue weighted by Crippen LogP contribution is 2.35. The number of rotatable bonds is 4. The fourth-order valence-electron chi connectivity index (χ4n) is 2.95. The molecule has 3 unspecified atom stereocenters. The van der Waals surface area contributed by atoms with Gasteiger partial charge in [0.05, 0.1) is 5.56 Å². The average Bonchev–Trinajstić information content (AvgIpc) is 2.71. The Bertz CT molecular complexity index is 413. The third kappa shape index (κ3) is 2.66. The number of aromatic carboxylic acids is 1. The zero-order valence-electron chi connectivity index (χ0n) is 11.0. The molecule has 0 amide bonds. The summed E-state index contributed by atoms with van der Waals surface area (Å²) in [5, 5.41) is 12.4. The molecular weight excluding hydrogens is 226 g/mol. The van der Waals surface area contributed by atoms with Crippen molar-refractivity contribution in [1.82, 2.24) is 0 Å². The van der Waals surface area contributed by atoms with E-state index in [1.54, 1.807) is 12.1 Å². The van der Waals surface area contributed by atoms with Crippen LogP contribution in [0, 0.1) is 11.8 Å². The Morgan fingerprint density at radius 2 is 2.00 bits per heavy atom. The van der Waals surface area contributed by atoms with E-state index in [4.69, 9.17) is 5.11 Å². The molecule has 2 rings (SSSR count). The highest BCUT2D eigenvalue weighted by atomic mass is 16.4. The molecule has 18 heavy (non-hydrogen) atoms. The predicted molar refractivity (Wildman–Crippen MR) is 73.0 cm³/mol. The lowest BCUT2D eigenvalue weighted by atomic mass is 9.93. The normalized spacial score (nSPS) is 27.1. The number of carbonyl (C=O) groups is 1. The molecule has 1 saturated carbocycles. The van der Waals surface area contributed by atoms with Crippen molar-refractivity contribution in [3.8, 4) is 0 Å². The van der Waals surface area contributed by atoms with Crippen molar-refractivity contribution in [1.29, 1.82) is 0 Å². The van der Waals surface area contributed by atoms with Crippen LogP contribution in [-0.4, -0.2) is 17.1 Å². The molecule has 0 aliphatic heterocycles. The van der Waals surface area contributed by atoms with Crippen molar-refractivity contribution in [2.75, 3.05) is 5.32 Å². The van der Waals surface area contributed by atoms with Gasteiger partial charge in [-0.3, -0.25) is 0 Å². The minimum atomic E-state index is -0.873. The SMILES string of the molecule is CCC1CCC(Nc2ccc(C(=O)O)cc2)C1C. The molecule has 0 radical (unpaired) electrons. The van der Waals surface area contributed by atoms with Gasteiger partial charge in [-0.1, -0.05) is 20.3 Å². The summed E-state index contributed by atoms with van der Waals surface area (Å²) in [5.41, 5.74) is 1.36. The van der Waals surface area contributed by atoms with Crippen molar-refractivity contribution in [3.05, 3.63) is 29.8 Å². The molecule has 0 saturated heterocycles. The summed E-state index contributed by atoms with van der Waals surface area (Å²) in [6, 6.07) is 7.54. The predicted octanol–water partition coefficient (Wildman–Crippen LogP) is 3.62. The summed E-state index contributed by atoms with van der Waals surface area (Å²) < 4.78 is 0. The summed E-state index contributed by atoms with van der Waals surface area (Å²) in [7, 11) is 0. The molecular formula is C15H21NO2. The zero-order valence-corrected chi connectivity index (χ0v) is 11.0. The van der Waals surface area contributed by atoms with Gasteiger partial charge in [-0.15, -0.1) is 0 Å². The third-order valence-electron chi connectivity index (χ3n) is 4.23. The van der Waals surface area contributed by atoms with Gasteiger partial charge in [0.15, 0.2) is 0 Å². The van der Waals surface area contributed by atoms with Crippen LogP contribution in [0.25, 0.3) is 0 Å². The Hall–Kier alpha value is -1.51. The van der Waals surface area contributed by atoms with Crippen molar-refractivity contribution in [3.63, 3.8) is 0 Å². The van der Waals surface area contributed by atoms with Gasteiger partial charge in [0.1, 0.15) is 0 Å². The van der Waals surface area contributed by atoms with Gasteiger partial charge in [-0.05, 0) is 48.9 Å². The van der Waals surface area contributed by atoms with Crippen LogP contribution in [0.2, 0.25) is 0 Å². The molecule has 3 heteroatoms. The van der Waals surface area contributed by atoms with Crippen molar-refractivity contribution in [2.45, 2.75) is 39.2 Å². The van der Waals surface area contributed by atoms with E-state index < -0.39 is 5.97 Å². The van der Waals surface area contributed by atoms with Gasteiger partial charge in [-0.2, -0.15) is 0 Å². The molecule has 3 nitrogen and oxygen atoms in total. The number of benzene rings is 1. The highest BCUT2D eigenvalue weighted by molar-refractivity contribution is 5.88. The van der Waals surface area contributed by atoms with Crippen LogP contribution in [-0.2, 0) is 0 Å². The summed E-state index contributed by atoms with van der Waals surface area (Å²) in [5.74, 6) is 0.636. The first-order chi connectivity index (χ1) is 8.61. The van der Waals surface area contributed by atoms with Gasteiger partial charge in [0.2, 0.25) is 0 Å². The molecule has 1 fully saturated rings. The first-order valence-electron chi connectivity index (χ1n) is 6.71. The smallest absolute Gasteiger partial charge is 0.335 e. The van der Waals surface area contributed by atoms with Crippen molar-refractivity contribution >= 4 is 11.7 Å². The molecule has 0 heterocycles. The number of carboxylic acids is 1. The molecule has 3 atom stereocenters. The van der Waals surface area contributed by atoms with E-state index in [0.717, 1.165) is 11.6 Å². The van der Waals surface area contributed by atoms with Crippen molar-refractivity contribution in [2.24, 2.45) is 11.8 Å². The molecule has 1 aliphatic carbocycles. The number of anilines is 1. The Morgan fingerprint density at radius 3 is 2.50 bits per heavy atom. The third-order valence-corrected chi connectivity index (χ3v) is 4.23. The lowest BCUT2D eigenvalue weighted by molar-refractivity contribution is 0.0697. The molecule has 1 aliphatic rings. The molecule has 2 N–H and O–H groups in total. The zero-order chi connectivity index (χ0) is 13.1. The summed E-state index contributed by atoms with van der Waals surface area (Å²) in [6.45, 7) is 4.57. The molecule has 0 bridgehead atoms. The van der Waals surface area contributed by atoms with Gasteiger partial charge >= 0.3 is 5.97 Å². The van der Waals surface area contributed by atoms with E-state index in [-0.39, 0.29) is 0 Å².